The molecule has 1 aliphatic heterocycles. The molecule has 0 aromatic carbocycles. The Bertz CT molecular complexity index is 492. The fourth-order valence-corrected chi connectivity index (χ4v) is 3.19. The molecule has 21 heavy (non-hydrogen) atoms. The van der Waals surface area contributed by atoms with E-state index in [4.69, 9.17) is 4.74 Å². The Balaban J connectivity index is 1.73. The van der Waals surface area contributed by atoms with Gasteiger partial charge in [-0.15, -0.1) is 0 Å². The summed E-state index contributed by atoms with van der Waals surface area (Å²) in [4.78, 5) is 3.79. The highest BCUT2D eigenvalue weighted by atomic mass is 19.4. The third-order valence-electron chi connectivity index (χ3n) is 4.21. The van der Waals surface area contributed by atoms with E-state index in [-0.39, 0.29) is 12.6 Å². The molecule has 118 valence electrons. The standard InChI is InChI=1S/C14H20F3N3O/c15-14(16,17)13-19-11-9-18-6-5-12(11)20(13)7-8-21-10-3-1-2-4-10/h10,18H,1-9H2. The zero-order valence-electron chi connectivity index (χ0n) is 11.9. The molecule has 0 unspecified atom stereocenters. The number of imidazole rings is 1. The zero-order chi connectivity index (χ0) is 14.9. The van der Waals surface area contributed by atoms with E-state index >= 15 is 0 Å². The summed E-state index contributed by atoms with van der Waals surface area (Å²) >= 11 is 0. The molecule has 1 aromatic rings. The van der Waals surface area contributed by atoms with Gasteiger partial charge in [-0.3, -0.25) is 0 Å². The van der Waals surface area contributed by atoms with Crippen LogP contribution in [0.25, 0.3) is 0 Å². The van der Waals surface area contributed by atoms with Crippen LogP contribution in [0.2, 0.25) is 0 Å². The molecule has 2 heterocycles. The van der Waals surface area contributed by atoms with Crippen molar-refractivity contribution in [3.63, 3.8) is 0 Å². The SMILES string of the molecule is FC(F)(F)c1nc2c(n1CCOC1CCCC1)CCNC2. The van der Waals surface area contributed by atoms with Crippen molar-refractivity contribution in [1.82, 2.24) is 14.9 Å². The Morgan fingerprint density at radius 2 is 2.05 bits per heavy atom. The lowest BCUT2D eigenvalue weighted by Crippen LogP contribution is -2.26. The number of alkyl halides is 3. The largest absolute Gasteiger partial charge is 0.449 e. The first-order valence-electron chi connectivity index (χ1n) is 7.53. The van der Waals surface area contributed by atoms with E-state index in [0.29, 0.717) is 37.5 Å². The minimum Gasteiger partial charge on any atom is -0.376 e. The average Bonchev–Trinajstić information content (AvgIpc) is 3.06. The maximum Gasteiger partial charge on any atom is 0.449 e. The highest BCUT2D eigenvalue weighted by Gasteiger charge is 2.39. The zero-order valence-corrected chi connectivity index (χ0v) is 11.9. The van der Waals surface area contributed by atoms with Gasteiger partial charge >= 0.3 is 6.18 Å². The van der Waals surface area contributed by atoms with Gasteiger partial charge in [0.15, 0.2) is 0 Å². The Morgan fingerprint density at radius 1 is 1.29 bits per heavy atom. The Kier molecular flexibility index (Phi) is 4.21. The van der Waals surface area contributed by atoms with Crippen LogP contribution in [0, 0.1) is 0 Å². The highest BCUT2D eigenvalue weighted by molar-refractivity contribution is 5.21. The fraction of sp³-hybridized carbons (Fsp3) is 0.786. The number of hydrogen-bond acceptors (Lipinski definition) is 3. The molecule has 1 N–H and O–H groups in total. The maximum absolute atomic E-state index is 13.1. The Hall–Kier alpha value is -1.08. The molecule has 2 aliphatic rings. The number of aromatic nitrogens is 2. The van der Waals surface area contributed by atoms with Crippen LogP contribution < -0.4 is 5.32 Å². The molecule has 0 radical (unpaired) electrons. The molecular formula is C14H20F3N3O. The van der Waals surface area contributed by atoms with Gasteiger partial charge < -0.3 is 14.6 Å². The van der Waals surface area contributed by atoms with Gasteiger partial charge in [-0.05, 0) is 12.8 Å². The van der Waals surface area contributed by atoms with Crippen LogP contribution in [0.5, 0.6) is 0 Å². The third kappa shape index (κ3) is 3.23. The van der Waals surface area contributed by atoms with Crippen molar-refractivity contribution < 1.29 is 17.9 Å². The second-order valence-corrected chi connectivity index (χ2v) is 5.68. The highest BCUT2D eigenvalue weighted by Crippen LogP contribution is 2.31. The van der Waals surface area contributed by atoms with Gasteiger partial charge in [-0.2, -0.15) is 13.2 Å². The summed E-state index contributed by atoms with van der Waals surface area (Å²) in [5.41, 5.74) is 1.23. The minimum absolute atomic E-state index is 0.223. The van der Waals surface area contributed by atoms with E-state index in [1.807, 2.05) is 0 Å². The van der Waals surface area contributed by atoms with Crippen LogP contribution in [0.1, 0.15) is 42.9 Å². The van der Waals surface area contributed by atoms with Crippen molar-refractivity contribution in [2.24, 2.45) is 0 Å². The van der Waals surface area contributed by atoms with Crippen LogP contribution in [-0.4, -0.2) is 28.8 Å². The minimum atomic E-state index is -4.41. The van der Waals surface area contributed by atoms with Gasteiger partial charge in [0.05, 0.1) is 18.4 Å². The molecule has 1 aromatic heterocycles. The van der Waals surface area contributed by atoms with Crippen LogP contribution in [0.3, 0.4) is 0 Å². The summed E-state index contributed by atoms with van der Waals surface area (Å²) in [5.74, 6) is -0.786. The van der Waals surface area contributed by atoms with Gasteiger partial charge in [-0.25, -0.2) is 4.98 Å². The molecule has 1 saturated carbocycles. The molecule has 3 rings (SSSR count). The van der Waals surface area contributed by atoms with Crippen molar-refractivity contribution in [1.29, 1.82) is 0 Å². The number of ether oxygens (including phenoxy) is 1. The second-order valence-electron chi connectivity index (χ2n) is 5.68. The van der Waals surface area contributed by atoms with E-state index in [1.54, 1.807) is 0 Å². The lowest BCUT2D eigenvalue weighted by atomic mass is 10.2. The van der Waals surface area contributed by atoms with Gasteiger partial charge in [-0.1, -0.05) is 12.8 Å². The van der Waals surface area contributed by atoms with E-state index < -0.39 is 12.0 Å². The summed E-state index contributed by atoms with van der Waals surface area (Å²) < 4.78 is 46.4. The summed E-state index contributed by atoms with van der Waals surface area (Å²) in [6, 6.07) is 0. The molecule has 1 fully saturated rings. The van der Waals surface area contributed by atoms with Crippen LogP contribution >= 0.6 is 0 Å². The van der Waals surface area contributed by atoms with Crippen molar-refractivity contribution in [3.05, 3.63) is 17.2 Å². The summed E-state index contributed by atoms with van der Waals surface area (Å²) in [6.45, 7) is 1.66. The van der Waals surface area contributed by atoms with E-state index in [2.05, 4.69) is 10.3 Å². The monoisotopic (exact) mass is 303 g/mol. The first-order valence-corrected chi connectivity index (χ1v) is 7.53. The molecule has 0 saturated heterocycles. The van der Waals surface area contributed by atoms with Crippen molar-refractivity contribution in [3.8, 4) is 0 Å². The smallest absolute Gasteiger partial charge is 0.376 e. The van der Waals surface area contributed by atoms with E-state index in [1.165, 1.54) is 4.57 Å². The lowest BCUT2D eigenvalue weighted by Gasteiger charge is -2.18. The van der Waals surface area contributed by atoms with Gasteiger partial charge in [0.25, 0.3) is 0 Å². The summed E-state index contributed by atoms with van der Waals surface area (Å²) in [5, 5.41) is 3.06. The topological polar surface area (TPSA) is 39.1 Å². The van der Waals surface area contributed by atoms with Crippen LogP contribution in [-0.2, 0) is 30.4 Å². The van der Waals surface area contributed by atoms with Gasteiger partial charge in [0, 0.05) is 31.7 Å². The third-order valence-corrected chi connectivity index (χ3v) is 4.21. The normalized spacial score (nSPS) is 20.0. The average molecular weight is 303 g/mol. The van der Waals surface area contributed by atoms with Crippen molar-refractivity contribution in [2.75, 3.05) is 13.2 Å². The lowest BCUT2D eigenvalue weighted by molar-refractivity contribution is -0.147. The number of nitrogens with one attached hydrogen (secondary N) is 1. The molecule has 0 bridgehead atoms. The predicted octanol–water partition coefficient (Wildman–Crippen LogP) is 2.51. The maximum atomic E-state index is 13.1. The number of hydrogen-bond donors (Lipinski definition) is 1. The molecule has 0 spiro atoms. The molecule has 1 aliphatic carbocycles. The van der Waals surface area contributed by atoms with E-state index in [9.17, 15) is 13.2 Å². The molecule has 7 heteroatoms. The number of halogens is 3. The van der Waals surface area contributed by atoms with Gasteiger partial charge in [0.2, 0.25) is 5.82 Å². The van der Waals surface area contributed by atoms with Crippen molar-refractivity contribution >= 4 is 0 Å². The Labute approximate surface area is 121 Å². The Morgan fingerprint density at radius 3 is 2.76 bits per heavy atom. The van der Waals surface area contributed by atoms with Gasteiger partial charge in [0.1, 0.15) is 0 Å². The van der Waals surface area contributed by atoms with E-state index in [0.717, 1.165) is 25.7 Å². The first kappa shape index (κ1) is 14.8. The number of rotatable bonds is 4. The summed E-state index contributed by atoms with van der Waals surface area (Å²) in [7, 11) is 0. The number of fused-ring (bicyclic) bond motifs is 1. The number of nitrogens with zero attached hydrogens (tertiary/aromatic N) is 2. The predicted molar refractivity (Wildman–Crippen MR) is 70.8 cm³/mol. The first-order chi connectivity index (χ1) is 10.1. The fourth-order valence-electron chi connectivity index (χ4n) is 3.19. The second kappa shape index (κ2) is 5.96. The van der Waals surface area contributed by atoms with Crippen molar-refractivity contribution in [2.45, 2.75) is 57.5 Å². The summed E-state index contributed by atoms with van der Waals surface area (Å²) in [6.07, 6.45) is 0.762. The van der Waals surface area contributed by atoms with Crippen LogP contribution in [0.4, 0.5) is 13.2 Å². The molecular weight excluding hydrogens is 283 g/mol. The quantitative estimate of drug-likeness (QED) is 0.929. The molecule has 4 nitrogen and oxygen atoms in total. The van der Waals surface area contributed by atoms with Crippen LogP contribution in [0.15, 0.2) is 0 Å². The molecule has 0 amide bonds. The molecule has 0 atom stereocenters.